The normalized spacial score (nSPS) is 32.8. The Morgan fingerprint density at radius 1 is 1.12 bits per heavy atom. The van der Waals surface area contributed by atoms with Gasteiger partial charge in [-0.05, 0) is 45.2 Å². The van der Waals surface area contributed by atoms with Crippen LogP contribution in [0.2, 0.25) is 0 Å². The number of rotatable bonds is 1. The molecule has 0 N–H and O–H groups in total. The van der Waals surface area contributed by atoms with Crippen molar-refractivity contribution in [3.63, 3.8) is 0 Å². The van der Waals surface area contributed by atoms with Gasteiger partial charge in [-0.15, -0.1) is 0 Å². The van der Waals surface area contributed by atoms with E-state index in [2.05, 4.69) is 23.8 Å². The van der Waals surface area contributed by atoms with E-state index >= 15 is 0 Å². The third-order valence-electron chi connectivity index (χ3n) is 3.94. The predicted molar refractivity (Wildman–Crippen MR) is 65.2 cm³/mol. The van der Waals surface area contributed by atoms with Gasteiger partial charge in [0.05, 0.1) is 5.92 Å². The molecular weight excluding hydrogens is 200 g/mol. The lowest BCUT2D eigenvalue weighted by Crippen LogP contribution is -2.46. The molecule has 2 rings (SSSR count). The van der Waals surface area contributed by atoms with Crippen LogP contribution in [0.15, 0.2) is 0 Å². The number of likely N-dealkylation sites (tertiary alicyclic amines) is 2. The smallest absolute Gasteiger partial charge is 0.226 e. The van der Waals surface area contributed by atoms with Gasteiger partial charge in [-0.25, -0.2) is 0 Å². The monoisotopic (exact) mass is 224 g/mol. The summed E-state index contributed by atoms with van der Waals surface area (Å²) in [6, 6.07) is 0. The zero-order chi connectivity index (χ0) is 11.5. The van der Waals surface area contributed by atoms with E-state index in [9.17, 15) is 4.79 Å². The third-order valence-corrected chi connectivity index (χ3v) is 3.94. The minimum atomic E-state index is 0.268. The van der Waals surface area contributed by atoms with E-state index in [1.165, 1.54) is 19.3 Å². The van der Waals surface area contributed by atoms with Crippen molar-refractivity contribution in [3.8, 4) is 0 Å². The average Bonchev–Trinajstić information content (AvgIpc) is 2.28. The molecule has 0 unspecified atom stereocenters. The van der Waals surface area contributed by atoms with Crippen LogP contribution in [0.1, 0.15) is 32.6 Å². The molecule has 1 amide bonds. The lowest BCUT2D eigenvalue weighted by molar-refractivity contribution is -0.138. The van der Waals surface area contributed by atoms with Gasteiger partial charge in [0, 0.05) is 19.6 Å². The van der Waals surface area contributed by atoms with E-state index in [-0.39, 0.29) is 5.92 Å². The Bertz CT molecular complexity index is 230. The van der Waals surface area contributed by atoms with E-state index in [0.717, 1.165) is 32.6 Å². The average molecular weight is 224 g/mol. The molecule has 92 valence electrons. The summed E-state index contributed by atoms with van der Waals surface area (Å²) in [5, 5.41) is 0. The second-order valence-corrected chi connectivity index (χ2v) is 5.63. The van der Waals surface area contributed by atoms with Crippen molar-refractivity contribution in [3.05, 3.63) is 0 Å². The van der Waals surface area contributed by atoms with Gasteiger partial charge in [0.15, 0.2) is 0 Å². The van der Waals surface area contributed by atoms with Gasteiger partial charge in [-0.2, -0.15) is 0 Å². The fraction of sp³-hybridized carbons (Fsp3) is 0.923. The third kappa shape index (κ3) is 2.76. The van der Waals surface area contributed by atoms with Gasteiger partial charge in [-0.1, -0.05) is 6.92 Å². The fourth-order valence-electron chi connectivity index (χ4n) is 3.02. The Morgan fingerprint density at radius 2 is 1.88 bits per heavy atom. The highest BCUT2D eigenvalue weighted by Crippen LogP contribution is 2.22. The Morgan fingerprint density at radius 3 is 2.56 bits per heavy atom. The molecule has 2 aliphatic rings. The quantitative estimate of drug-likeness (QED) is 0.675. The van der Waals surface area contributed by atoms with Crippen LogP contribution in [0.3, 0.4) is 0 Å². The van der Waals surface area contributed by atoms with Crippen molar-refractivity contribution in [2.24, 2.45) is 11.8 Å². The number of hydrogen-bond donors (Lipinski definition) is 0. The Hall–Kier alpha value is -0.570. The molecule has 3 nitrogen and oxygen atoms in total. The maximum atomic E-state index is 12.3. The molecule has 0 aromatic rings. The molecule has 0 saturated carbocycles. The number of carbonyl (C=O) groups excluding carboxylic acids is 1. The van der Waals surface area contributed by atoms with Crippen molar-refractivity contribution < 1.29 is 4.79 Å². The van der Waals surface area contributed by atoms with Gasteiger partial charge in [0.25, 0.3) is 0 Å². The Balaban J connectivity index is 1.90. The van der Waals surface area contributed by atoms with E-state index in [1.54, 1.807) is 0 Å². The number of hydrogen-bond acceptors (Lipinski definition) is 2. The predicted octanol–water partition coefficient (Wildman–Crippen LogP) is 1.59. The first-order chi connectivity index (χ1) is 7.66. The van der Waals surface area contributed by atoms with Gasteiger partial charge in [0.1, 0.15) is 0 Å². The Kier molecular flexibility index (Phi) is 3.85. The number of carbonyl (C=O) groups is 1. The highest BCUT2D eigenvalue weighted by atomic mass is 16.2. The standard InChI is InChI=1S/C13H24N2O/c1-11-5-3-8-15(9-11)13(16)12-6-4-7-14(2)10-12/h11-12H,3-10H2,1-2H3/t11-,12-/m0/s1. The Labute approximate surface area is 98.8 Å². The SMILES string of the molecule is C[C@H]1CCCN(C(=O)[C@H]2CCCN(C)C2)C1. The molecule has 2 atom stereocenters. The summed E-state index contributed by atoms with van der Waals surface area (Å²) in [6.45, 7) is 6.35. The van der Waals surface area contributed by atoms with Gasteiger partial charge >= 0.3 is 0 Å². The molecule has 2 fully saturated rings. The minimum absolute atomic E-state index is 0.268. The number of amides is 1. The van der Waals surface area contributed by atoms with Crippen LogP contribution in [0, 0.1) is 11.8 Å². The molecule has 2 heterocycles. The maximum absolute atomic E-state index is 12.3. The largest absolute Gasteiger partial charge is 0.342 e. The second kappa shape index (κ2) is 5.17. The van der Waals surface area contributed by atoms with Crippen molar-refractivity contribution in [2.45, 2.75) is 32.6 Å². The van der Waals surface area contributed by atoms with Gasteiger partial charge in [-0.3, -0.25) is 4.79 Å². The molecule has 0 bridgehead atoms. The molecule has 2 saturated heterocycles. The number of piperidine rings is 2. The molecule has 3 heteroatoms. The zero-order valence-electron chi connectivity index (χ0n) is 10.6. The fourth-order valence-corrected chi connectivity index (χ4v) is 3.02. The van der Waals surface area contributed by atoms with E-state index < -0.39 is 0 Å². The lowest BCUT2D eigenvalue weighted by Gasteiger charge is -2.36. The minimum Gasteiger partial charge on any atom is -0.342 e. The van der Waals surface area contributed by atoms with Crippen LogP contribution in [-0.2, 0) is 4.79 Å². The molecule has 0 aromatic heterocycles. The molecule has 16 heavy (non-hydrogen) atoms. The topological polar surface area (TPSA) is 23.6 Å². The van der Waals surface area contributed by atoms with Crippen molar-refractivity contribution in [1.29, 1.82) is 0 Å². The molecular formula is C13H24N2O. The summed E-state index contributed by atoms with van der Waals surface area (Å²) >= 11 is 0. The number of nitrogens with zero attached hydrogens (tertiary/aromatic N) is 2. The lowest BCUT2D eigenvalue weighted by atomic mass is 9.94. The van der Waals surface area contributed by atoms with Gasteiger partial charge in [0.2, 0.25) is 5.91 Å². The van der Waals surface area contributed by atoms with E-state index in [0.29, 0.717) is 11.8 Å². The molecule has 0 aromatic carbocycles. The first kappa shape index (κ1) is 11.9. The van der Waals surface area contributed by atoms with Crippen molar-refractivity contribution in [1.82, 2.24) is 9.80 Å². The van der Waals surface area contributed by atoms with Crippen LogP contribution in [0.4, 0.5) is 0 Å². The van der Waals surface area contributed by atoms with Crippen LogP contribution in [0.25, 0.3) is 0 Å². The van der Waals surface area contributed by atoms with Crippen molar-refractivity contribution in [2.75, 3.05) is 33.2 Å². The summed E-state index contributed by atoms with van der Waals surface area (Å²) < 4.78 is 0. The maximum Gasteiger partial charge on any atom is 0.226 e. The molecule has 2 aliphatic heterocycles. The highest BCUT2D eigenvalue weighted by Gasteiger charge is 2.29. The van der Waals surface area contributed by atoms with Crippen LogP contribution < -0.4 is 0 Å². The molecule has 0 spiro atoms. The van der Waals surface area contributed by atoms with Crippen LogP contribution >= 0.6 is 0 Å². The summed E-state index contributed by atoms with van der Waals surface area (Å²) in [5.41, 5.74) is 0. The van der Waals surface area contributed by atoms with E-state index in [1.807, 2.05) is 0 Å². The van der Waals surface area contributed by atoms with Crippen LogP contribution in [0.5, 0.6) is 0 Å². The summed E-state index contributed by atoms with van der Waals surface area (Å²) in [5.74, 6) is 1.38. The van der Waals surface area contributed by atoms with Crippen molar-refractivity contribution >= 4 is 5.91 Å². The summed E-state index contributed by atoms with van der Waals surface area (Å²) in [7, 11) is 2.12. The first-order valence-electron chi connectivity index (χ1n) is 6.64. The van der Waals surface area contributed by atoms with Gasteiger partial charge < -0.3 is 9.80 Å². The summed E-state index contributed by atoms with van der Waals surface area (Å²) in [6.07, 6.45) is 4.74. The second-order valence-electron chi connectivity index (χ2n) is 5.63. The van der Waals surface area contributed by atoms with Crippen LogP contribution in [-0.4, -0.2) is 48.9 Å². The molecule has 0 radical (unpaired) electrons. The summed E-state index contributed by atoms with van der Waals surface area (Å²) in [4.78, 5) is 16.7. The van der Waals surface area contributed by atoms with E-state index in [4.69, 9.17) is 0 Å². The molecule has 0 aliphatic carbocycles. The zero-order valence-corrected chi connectivity index (χ0v) is 10.6. The first-order valence-corrected chi connectivity index (χ1v) is 6.64. The highest BCUT2D eigenvalue weighted by molar-refractivity contribution is 5.79.